The number of carbonyl (C=O) groups excluding carboxylic acids is 1. The number of anilines is 2. The number of hydrogen-bond donors (Lipinski definition) is 1. The van der Waals surface area contributed by atoms with Gasteiger partial charge in [0.25, 0.3) is 0 Å². The molecule has 0 radical (unpaired) electrons. The molecule has 1 aliphatic heterocycles. The molecule has 8 heteroatoms. The van der Waals surface area contributed by atoms with E-state index in [0.29, 0.717) is 23.1 Å². The fourth-order valence-corrected chi connectivity index (χ4v) is 3.27. The Hall–Kier alpha value is -2.30. The van der Waals surface area contributed by atoms with Crippen LogP contribution in [0.25, 0.3) is 0 Å². The number of halogens is 1. The first-order valence-corrected chi connectivity index (χ1v) is 8.69. The third kappa shape index (κ3) is 3.61. The molecule has 0 unspecified atom stereocenters. The number of urea groups is 1. The van der Waals surface area contributed by atoms with Gasteiger partial charge in [0, 0.05) is 36.9 Å². The van der Waals surface area contributed by atoms with Crippen LogP contribution in [0.1, 0.15) is 10.4 Å². The molecule has 0 bridgehead atoms. The SMILES string of the molecule is Cc1cc(N2CCN(C(=O)Nc3ncc(C#N)s3)CC2)ccc1Cl. The van der Waals surface area contributed by atoms with E-state index in [1.807, 2.05) is 25.1 Å². The Balaban J connectivity index is 1.57. The first kappa shape index (κ1) is 16.6. The Labute approximate surface area is 149 Å². The maximum atomic E-state index is 12.3. The zero-order chi connectivity index (χ0) is 17.1. The summed E-state index contributed by atoms with van der Waals surface area (Å²) in [4.78, 5) is 20.8. The van der Waals surface area contributed by atoms with Crippen LogP contribution in [0, 0.1) is 18.3 Å². The molecule has 1 saturated heterocycles. The fraction of sp³-hybridized carbons (Fsp3) is 0.312. The summed E-state index contributed by atoms with van der Waals surface area (Å²) in [6, 6.07) is 7.80. The maximum Gasteiger partial charge on any atom is 0.323 e. The molecule has 6 nitrogen and oxygen atoms in total. The van der Waals surface area contributed by atoms with Crippen molar-refractivity contribution in [2.75, 3.05) is 36.4 Å². The molecule has 0 atom stereocenters. The van der Waals surface area contributed by atoms with Crippen LogP contribution in [0.4, 0.5) is 15.6 Å². The molecule has 0 spiro atoms. The Morgan fingerprint density at radius 2 is 2.12 bits per heavy atom. The highest BCUT2D eigenvalue weighted by atomic mass is 35.5. The molecular formula is C16H16ClN5OS. The molecular weight excluding hydrogens is 346 g/mol. The van der Waals surface area contributed by atoms with Gasteiger partial charge in [-0.05, 0) is 30.7 Å². The summed E-state index contributed by atoms with van der Waals surface area (Å²) in [5.74, 6) is 0. The minimum Gasteiger partial charge on any atom is -0.368 e. The summed E-state index contributed by atoms with van der Waals surface area (Å²) in [6.45, 7) is 4.76. The van der Waals surface area contributed by atoms with Gasteiger partial charge in [0.15, 0.2) is 5.13 Å². The van der Waals surface area contributed by atoms with Gasteiger partial charge < -0.3 is 9.80 Å². The molecule has 24 heavy (non-hydrogen) atoms. The van der Waals surface area contributed by atoms with Crippen molar-refractivity contribution in [1.29, 1.82) is 5.26 Å². The molecule has 1 N–H and O–H groups in total. The van der Waals surface area contributed by atoms with Gasteiger partial charge in [-0.2, -0.15) is 5.26 Å². The highest BCUT2D eigenvalue weighted by molar-refractivity contribution is 7.16. The summed E-state index contributed by atoms with van der Waals surface area (Å²) in [5.41, 5.74) is 2.17. The number of carbonyl (C=O) groups is 1. The number of amides is 2. The van der Waals surface area contributed by atoms with E-state index in [1.54, 1.807) is 4.90 Å². The van der Waals surface area contributed by atoms with Gasteiger partial charge in [-0.15, -0.1) is 0 Å². The predicted molar refractivity (Wildman–Crippen MR) is 95.8 cm³/mol. The number of nitrogens with zero attached hydrogens (tertiary/aromatic N) is 4. The average molecular weight is 362 g/mol. The highest BCUT2D eigenvalue weighted by Crippen LogP contribution is 2.24. The van der Waals surface area contributed by atoms with E-state index in [1.165, 1.54) is 17.5 Å². The van der Waals surface area contributed by atoms with Crippen molar-refractivity contribution in [3.8, 4) is 6.07 Å². The largest absolute Gasteiger partial charge is 0.368 e. The molecule has 2 heterocycles. The number of aryl methyl sites for hydroxylation is 1. The Morgan fingerprint density at radius 1 is 1.38 bits per heavy atom. The summed E-state index contributed by atoms with van der Waals surface area (Å²) in [7, 11) is 0. The zero-order valence-corrected chi connectivity index (χ0v) is 14.7. The maximum absolute atomic E-state index is 12.3. The van der Waals surface area contributed by atoms with Crippen molar-refractivity contribution in [2.24, 2.45) is 0 Å². The Morgan fingerprint density at radius 3 is 2.75 bits per heavy atom. The average Bonchev–Trinajstić information content (AvgIpc) is 3.05. The smallest absolute Gasteiger partial charge is 0.323 e. The third-order valence-corrected chi connectivity index (χ3v) is 5.14. The van der Waals surface area contributed by atoms with E-state index in [0.717, 1.165) is 29.4 Å². The van der Waals surface area contributed by atoms with Crippen LogP contribution in [-0.4, -0.2) is 42.1 Å². The summed E-state index contributed by atoms with van der Waals surface area (Å²) >= 11 is 7.24. The monoisotopic (exact) mass is 361 g/mol. The number of rotatable bonds is 2. The van der Waals surface area contributed by atoms with Gasteiger partial charge >= 0.3 is 6.03 Å². The zero-order valence-electron chi connectivity index (χ0n) is 13.1. The normalized spacial score (nSPS) is 14.4. The molecule has 0 saturated carbocycles. The highest BCUT2D eigenvalue weighted by Gasteiger charge is 2.22. The first-order valence-electron chi connectivity index (χ1n) is 7.50. The van der Waals surface area contributed by atoms with Gasteiger partial charge in [0.1, 0.15) is 10.9 Å². The van der Waals surface area contributed by atoms with Crippen LogP contribution < -0.4 is 10.2 Å². The van der Waals surface area contributed by atoms with Gasteiger partial charge in [-0.25, -0.2) is 9.78 Å². The van der Waals surface area contributed by atoms with Gasteiger partial charge in [0.05, 0.1) is 6.20 Å². The molecule has 2 aromatic rings. The van der Waals surface area contributed by atoms with Crippen LogP contribution in [-0.2, 0) is 0 Å². The second-order valence-corrected chi connectivity index (χ2v) is 6.92. The van der Waals surface area contributed by atoms with Crippen LogP contribution >= 0.6 is 22.9 Å². The van der Waals surface area contributed by atoms with Gasteiger partial charge in [-0.3, -0.25) is 5.32 Å². The van der Waals surface area contributed by atoms with Crippen molar-refractivity contribution in [3.63, 3.8) is 0 Å². The fourth-order valence-electron chi connectivity index (χ4n) is 2.55. The second kappa shape index (κ2) is 7.07. The number of benzene rings is 1. The molecule has 2 amide bonds. The van der Waals surface area contributed by atoms with E-state index in [-0.39, 0.29) is 6.03 Å². The van der Waals surface area contributed by atoms with E-state index in [4.69, 9.17) is 16.9 Å². The van der Waals surface area contributed by atoms with Crippen LogP contribution in [0.15, 0.2) is 24.4 Å². The van der Waals surface area contributed by atoms with E-state index < -0.39 is 0 Å². The lowest BCUT2D eigenvalue weighted by molar-refractivity contribution is 0.208. The third-order valence-electron chi connectivity index (χ3n) is 3.90. The van der Waals surface area contributed by atoms with Crippen molar-refractivity contribution < 1.29 is 4.79 Å². The summed E-state index contributed by atoms with van der Waals surface area (Å²) in [5, 5.41) is 12.7. The number of nitriles is 1. The van der Waals surface area contributed by atoms with E-state index in [2.05, 4.69) is 21.3 Å². The number of aromatic nitrogens is 1. The minimum atomic E-state index is -0.180. The molecule has 1 fully saturated rings. The lowest BCUT2D eigenvalue weighted by atomic mass is 10.2. The van der Waals surface area contributed by atoms with Crippen LogP contribution in [0.2, 0.25) is 5.02 Å². The first-order chi connectivity index (χ1) is 11.6. The van der Waals surface area contributed by atoms with E-state index >= 15 is 0 Å². The lowest BCUT2D eigenvalue weighted by Gasteiger charge is -2.36. The van der Waals surface area contributed by atoms with E-state index in [9.17, 15) is 4.79 Å². The summed E-state index contributed by atoms with van der Waals surface area (Å²) < 4.78 is 0. The van der Waals surface area contributed by atoms with Crippen molar-refractivity contribution >= 4 is 39.8 Å². The molecule has 0 aliphatic carbocycles. The summed E-state index contributed by atoms with van der Waals surface area (Å²) in [6.07, 6.45) is 1.46. The minimum absolute atomic E-state index is 0.180. The number of nitrogens with one attached hydrogen (secondary N) is 1. The van der Waals surface area contributed by atoms with Crippen molar-refractivity contribution in [1.82, 2.24) is 9.88 Å². The van der Waals surface area contributed by atoms with Crippen LogP contribution in [0.5, 0.6) is 0 Å². The molecule has 1 aromatic heterocycles. The second-order valence-electron chi connectivity index (χ2n) is 5.48. The van der Waals surface area contributed by atoms with Gasteiger partial charge in [0.2, 0.25) is 0 Å². The quantitative estimate of drug-likeness (QED) is 0.890. The Kier molecular flexibility index (Phi) is 4.88. The van der Waals surface area contributed by atoms with Gasteiger partial charge in [-0.1, -0.05) is 22.9 Å². The molecule has 1 aliphatic rings. The molecule has 1 aromatic carbocycles. The number of hydrogen-bond acceptors (Lipinski definition) is 5. The van der Waals surface area contributed by atoms with Crippen LogP contribution in [0.3, 0.4) is 0 Å². The topological polar surface area (TPSA) is 72.3 Å². The number of thiazole rings is 1. The number of piperazine rings is 1. The van der Waals surface area contributed by atoms with Crippen molar-refractivity contribution in [3.05, 3.63) is 39.9 Å². The molecule has 124 valence electrons. The predicted octanol–water partition coefficient (Wildman–Crippen LogP) is 3.33. The molecule has 3 rings (SSSR count). The van der Waals surface area contributed by atoms with Crippen molar-refractivity contribution in [2.45, 2.75) is 6.92 Å². The lowest BCUT2D eigenvalue weighted by Crippen LogP contribution is -2.50. The standard InChI is InChI=1S/C16H16ClN5OS/c1-11-8-12(2-3-14(11)17)21-4-6-22(7-5-21)16(23)20-15-19-10-13(9-18)24-15/h2-3,8,10H,4-7H2,1H3,(H,19,20,23). The Bertz CT molecular complexity index is 792.